The van der Waals surface area contributed by atoms with Crippen LogP contribution in [-0.2, 0) is 9.53 Å². The van der Waals surface area contributed by atoms with Gasteiger partial charge in [-0.25, -0.2) is 4.98 Å². The molecule has 134 valence electrons. The van der Waals surface area contributed by atoms with Crippen LogP contribution in [0.25, 0.3) is 11.1 Å². The van der Waals surface area contributed by atoms with Crippen LogP contribution < -0.4 is 0 Å². The van der Waals surface area contributed by atoms with Gasteiger partial charge < -0.3 is 9.15 Å². The number of nitrogens with zero attached hydrogens (tertiary/aromatic N) is 1. The summed E-state index contributed by atoms with van der Waals surface area (Å²) in [4.78, 5) is 28.2. The van der Waals surface area contributed by atoms with Crippen molar-refractivity contribution in [2.75, 3.05) is 12.4 Å². The van der Waals surface area contributed by atoms with Crippen molar-refractivity contribution in [3.05, 3.63) is 59.7 Å². The lowest BCUT2D eigenvalue weighted by Crippen LogP contribution is -2.15. The first-order valence-electron chi connectivity index (χ1n) is 8.30. The van der Waals surface area contributed by atoms with Crippen molar-refractivity contribution in [2.24, 2.45) is 0 Å². The number of oxazole rings is 1. The zero-order chi connectivity index (χ0) is 18.5. The van der Waals surface area contributed by atoms with E-state index in [1.165, 1.54) is 0 Å². The molecule has 0 aliphatic carbocycles. The molecule has 2 aromatic carbocycles. The van der Waals surface area contributed by atoms with Crippen LogP contribution in [0.15, 0.2) is 58.2 Å². The van der Waals surface area contributed by atoms with Crippen molar-refractivity contribution in [1.29, 1.82) is 0 Å². The van der Waals surface area contributed by atoms with Crippen molar-refractivity contribution in [2.45, 2.75) is 25.0 Å². The molecule has 1 heterocycles. The van der Waals surface area contributed by atoms with E-state index in [4.69, 9.17) is 9.15 Å². The van der Waals surface area contributed by atoms with Gasteiger partial charge in [0.05, 0.1) is 0 Å². The fourth-order valence-electron chi connectivity index (χ4n) is 2.36. The van der Waals surface area contributed by atoms with Gasteiger partial charge in [-0.2, -0.15) is 0 Å². The maximum Gasteiger partial charge on any atom is 0.316 e. The van der Waals surface area contributed by atoms with Gasteiger partial charge in [0.1, 0.15) is 11.3 Å². The molecule has 3 rings (SSSR count). The molecule has 0 amide bonds. The Morgan fingerprint density at radius 3 is 2.54 bits per heavy atom. The van der Waals surface area contributed by atoms with E-state index in [2.05, 4.69) is 18.8 Å². The smallest absolute Gasteiger partial charge is 0.316 e. The van der Waals surface area contributed by atoms with Gasteiger partial charge in [0.2, 0.25) is 0 Å². The number of ether oxygens (including phenoxy) is 1. The Morgan fingerprint density at radius 2 is 1.85 bits per heavy atom. The van der Waals surface area contributed by atoms with Crippen molar-refractivity contribution < 1.29 is 18.7 Å². The quantitative estimate of drug-likeness (QED) is 0.348. The topological polar surface area (TPSA) is 69.4 Å². The molecule has 1 aromatic heterocycles. The molecule has 6 heteroatoms. The molecule has 26 heavy (non-hydrogen) atoms. The van der Waals surface area contributed by atoms with Gasteiger partial charge in [-0.3, -0.25) is 9.59 Å². The van der Waals surface area contributed by atoms with Gasteiger partial charge in [0.25, 0.3) is 5.22 Å². The zero-order valence-corrected chi connectivity index (χ0v) is 15.4. The Labute approximate surface area is 155 Å². The number of thioether (sulfide) groups is 1. The number of esters is 1. The number of rotatable bonds is 7. The largest absolute Gasteiger partial charge is 0.457 e. The number of carbonyl (C=O) groups is 2. The molecule has 0 fully saturated rings. The van der Waals surface area contributed by atoms with Crippen LogP contribution in [0.5, 0.6) is 0 Å². The van der Waals surface area contributed by atoms with E-state index < -0.39 is 5.97 Å². The molecule has 0 spiro atoms. The number of aromatic nitrogens is 1. The summed E-state index contributed by atoms with van der Waals surface area (Å²) in [6.45, 7) is 3.91. The number of fused-ring (bicyclic) bond motifs is 1. The first kappa shape index (κ1) is 18.2. The number of hydrogen-bond donors (Lipinski definition) is 0. The van der Waals surface area contributed by atoms with Crippen LogP contribution in [0.2, 0.25) is 0 Å². The Balaban J connectivity index is 1.48. The standard InChI is InChI=1S/C20H19NO4S/c1-13(2)14-7-9-15(10-8-14)17(22)11-24-19(23)12-26-20-21-16-5-3-4-6-18(16)25-20/h3-10,13H,11-12H2,1-2H3. The second-order valence-corrected chi connectivity index (χ2v) is 7.02. The van der Waals surface area contributed by atoms with Gasteiger partial charge in [0, 0.05) is 5.56 Å². The highest BCUT2D eigenvalue weighted by Crippen LogP contribution is 2.23. The zero-order valence-electron chi connectivity index (χ0n) is 14.6. The fraction of sp³-hybridized carbons (Fsp3) is 0.250. The summed E-state index contributed by atoms with van der Waals surface area (Å²) in [6, 6.07) is 14.7. The Hall–Kier alpha value is -2.60. The van der Waals surface area contributed by atoms with Crippen molar-refractivity contribution >= 4 is 34.6 Å². The van der Waals surface area contributed by atoms with Crippen LogP contribution in [-0.4, -0.2) is 29.1 Å². The van der Waals surface area contributed by atoms with E-state index in [0.29, 0.717) is 22.3 Å². The molecule has 0 aliphatic rings. The third kappa shape index (κ3) is 4.52. The second kappa shape index (κ2) is 8.19. The van der Waals surface area contributed by atoms with Gasteiger partial charge in [-0.15, -0.1) is 0 Å². The predicted molar refractivity (Wildman–Crippen MR) is 101 cm³/mol. The first-order chi connectivity index (χ1) is 12.5. The average molecular weight is 369 g/mol. The maximum absolute atomic E-state index is 12.1. The summed E-state index contributed by atoms with van der Waals surface area (Å²) in [5.74, 6) is -0.266. The highest BCUT2D eigenvalue weighted by atomic mass is 32.2. The normalized spacial score (nSPS) is 11.0. The van der Waals surface area contributed by atoms with Gasteiger partial charge in [0.15, 0.2) is 18.0 Å². The molecule has 0 atom stereocenters. The predicted octanol–water partition coefficient (Wildman–Crippen LogP) is 4.47. The second-order valence-electron chi connectivity index (χ2n) is 6.10. The third-order valence-electron chi connectivity index (χ3n) is 3.85. The molecule has 0 aliphatic heterocycles. The number of Topliss-reactive ketones (excluding diaryl/α,β-unsaturated/α-hetero) is 1. The third-order valence-corrected chi connectivity index (χ3v) is 4.65. The number of para-hydroxylation sites is 2. The molecule has 0 radical (unpaired) electrons. The Kier molecular flexibility index (Phi) is 5.73. The van der Waals surface area contributed by atoms with Crippen molar-refractivity contribution in [1.82, 2.24) is 4.98 Å². The monoisotopic (exact) mass is 369 g/mol. The lowest BCUT2D eigenvalue weighted by molar-refractivity contribution is -0.139. The number of benzene rings is 2. The van der Waals surface area contributed by atoms with Crippen LogP contribution in [0.4, 0.5) is 0 Å². The van der Waals surface area contributed by atoms with Gasteiger partial charge >= 0.3 is 5.97 Å². The van der Waals surface area contributed by atoms with E-state index in [1.54, 1.807) is 12.1 Å². The summed E-state index contributed by atoms with van der Waals surface area (Å²) in [7, 11) is 0. The van der Waals surface area contributed by atoms with Crippen LogP contribution in [0.1, 0.15) is 35.7 Å². The van der Waals surface area contributed by atoms with E-state index in [-0.39, 0.29) is 18.1 Å². The molecule has 0 saturated carbocycles. The first-order valence-corrected chi connectivity index (χ1v) is 9.28. The summed E-state index contributed by atoms with van der Waals surface area (Å²) >= 11 is 1.14. The molecule has 3 aromatic rings. The van der Waals surface area contributed by atoms with E-state index in [1.807, 2.05) is 36.4 Å². The minimum absolute atomic E-state index is 0.0341. The van der Waals surface area contributed by atoms with Crippen LogP contribution in [0, 0.1) is 0 Å². The van der Waals surface area contributed by atoms with Crippen LogP contribution in [0.3, 0.4) is 0 Å². The Bertz CT molecular complexity index is 882. The highest BCUT2D eigenvalue weighted by molar-refractivity contribution is 7.99. The minimum Gasteiger partial charge on any atom is -0.457 e. The molecule has 0 N–H and O–H groups in total. The lowest BCUT2D eigenvalue weighted by Gasteiger charge is -2.07. The van der Waals surface area contributed by atoms with E-state index >= 15 is 0 Å². The molecular formula is C20H19NO4S. The molecule has 0 bridgehead atoms. The molecule has 5 nitrogen and oxygen atoms in total. The summed E-state index contributed by atoms with van der Waals surface area (Å²) in [6.07, 6.45) is 0. The van der Waals surface area contributed by atoms with Crippen molar-refractivity contribution in [3.8, 4) is 0 Å². The van der Waals surface area contributed by atoms with Crippen LogP contribution >= 0.6 is 11.8 Å². The highest BCUT2D eigenvalue weighted by Gasteiger charge is 2.13. The summed E-state index contributed by atoms with van der Waals surface area (Å²) in [5, 5.41) is 0.402. The Morgan fingerprint density at radius 1 is 1.12 bits per heavy atom. The van der Waals surface area contributed by atoms with Gasteiger partial charge in [-0.05, 0) is 23.6 Å². The average Bonchev–Trinajstić information content (AvgIpc) is 3.07. The van der Waals surface area contributed by atoms with Crippen molar-refractivity contribution in [3.63, 3.8) is 0 Å². The van der Waals surface area contributed by atoms with Gasteiger partial charge in [-0.1, -0.05) is 62.0 Å². The summed E-state index contributed by atoms with van der Waals surface area (Å²) in [5.41, 5.74) is 3.11. The number of carbonyl (C=O) groups excluding carboxylic acids is 2. The van der Waals surface area contributed by atoms with E-state index in [0.717, 1.165) is 22.8 Å². The minimum atomic E-state index is -0.482. The SMILES string of the molecule is CC(C)c1ccc(C(=O)COC(=O)CSc2nc3ccccc3o2)cc1. The molecule has 0 saturated heterocycles. The van der Waals surface area contributed by atoms with E-state index in [9.17, 15) is 9.59 Å². The maximum atomic E-state index is 12.1. The molecular weight excluding hydrogens is 350 g/mol. The molecule has 0 unspecified atom stereocenters. The fourth-order valence-corrected chi connectivity index (χ4v) is 2.99. The lowest BCUT2D eigenvalue weighted by atomic mass is 10.0. The summed E-state index contributed by atoms with van der Waals surface area (Å²) < 4.78 is 10.6. The number of hydrogen-bond acceptors (Lipinski definition) is 6. The number of ketones is 1.